The Bertz CT molecular complexity index is 841. The number of nitrogens with one attached hydrogen (secondary N) is 1. The first-order chi connectivity index (χ1) is 11.0. The molecule has 0 atom stereocenters. The van der Waals surface area contributed by atoms with E-state index in [0.29, 0.717) is 12.2 Å². The van der Waals surface area contributed by atoms with Crippen LogP contribution in [0.15, 0.2) is 57.5 Å². The Morgan fingerprint density at radius 1 is 1.39 bits per heavy atom. The summed E-state index contributed by atoms with van der Waals surface area (Å²) in [5.74, 6) is -0.253. The van der Waals surface area contributed by atoms with Crippen LogP contribution < -0.4 is 5.32 Å². The first-order valence-corrected chi connectivity index (χ1v) is 9.75. The van der Waals surface area contributed by atoms with Crippen molar-refractivity contribution in [1.82, 2.24) is 4.90 Å². The molecule has 0 spiro atoms. The third-order valence-corrected chi connectivity index (χ3v) is 5.30. The van der Waals surface area contributed by atoms with Crippen molar-refractivity contribution >= 4 is 39.2 Å². The van der Waals surface area contributed by atoms with Gasteiger partial charge in [0.25, 0.3) is 15.9 Å². The van der Waals surface area contributed by atoms with Crippen LogP contribution in [0.3, 0.4) is 0 Å². The SMILES string of the molecule is CSc1cccc(NC(=O)C2=CC=CN3CCS(=O)(=O)N=C23)c1. The Morgan fingerprint density at radius 2 is 2.22 bits per heavy atom. The molecule has 2 aliphatic rings. The molecular weight excluding hydrogens is 334 g/mol. The maximum atomic E-state index is 12.5. The first-order valence-electron chi connectivity index (χ1n) is 6.92. The maximum Gasteiger partial charge on any atom is 0.259 e. The van der Waals surface area contributed by atoms with Crippen LogP contribution in [0, 0.1) is 0 Å². The van der Waals surface area contributed by atoms with Gasteiger partial charge in [0.2, 0.25) is 0 Å². The predicted molar refractivity (Wildman–Crippen MR) is 92.0 cm³/mol. The fourth-order valence-corrected chi connectivity index (χ4v) is 3.74. The molecule has 0 saturated carbocycles. The van der Waals surface area contributed by atoms with Gasteiger partial charge >= 0.3 is 0 Å². The van der Waals surface area contributed by atoms with Crippen molar-refractivity contribution in [1.29, 1.82) is 0 Å². The lowest BCUT2D eigenvalue weighted by molar-refractivity contribution is -0.112. The Labute approximate surface area is 139 Å². The number of sulfonamides is 1. The third kappa shape index (κ3) is 3.48. The van der Waals surface area contributed by atoms with E-state index in [4.69, 9.17) is 0 Å². The number of hydrogen-bond donors (Lipinski definition) is 1. The van der Waals surface area contributed by atoms with Gasteiger partial charge in [-0.2, -0.15) is 0 Å². The molecule has 1 aromatic rings. The quantitative estimate of drug-likeness (QED) is 0.843. The molecule has 23 heavy (non-hydrogen) atoms. The maximum absolute atomic E-state index is 12.5. The number of benzene rings is 1. The molecular formula is C15H15N3O3S2. The number of thioether (sulfide) groups is 1. The summed E-state index contributed by atoms with van der Waals surface area (Å²) in [5.41, 5.74) is 0.897. The summed E-state index contributed by atoms with van der Waals surface area (Å²) in [7, 11) is -3.51. The highest BCUT2D eigenvalue weighted by Gasteiger charge is 2.29. The lowest BCUT2D eigenvalue weighted by Crippen LogP contribution is -2.40. The number of fused-ring (bicyclic) bond motifs is 1. The molecule has 0 radical (unpaired) electrons. The van der Waals surface area contributed by atoms with Gasteiger partial charge in [0.15, 0.2) is 5.84 Å². The van der Waals surface area contributed by atoms with Crippen molar-refractivity contribution in [2.24, 2.45) is 4.40 Å². The highest BCUT2D eigenvalue weighted by Crippen LogP contribution is 2.22. The highest BCUT2D eigenvalue weighted by molar-refractivity contribution is 7.98. The van der Waals surface area contributed by atoms with Gasteiger partial charge in [-0.25, -0.2) is 8.42 Å². The Morgan fingerprint density at radius 3 is 3.00 bits per heavy atom. The van der Waals surface area contributed by atoms with Gasteiger partial charge in [-0.3, -0.25) is 4.79 Å². The normalized spacial score (nSPS) is 18.7. The molecule has 0 aromatic heterocycles. The van der Waals surface area contributed by atoms with Crippen molar-refractivity contribution in [3.05, 3.63) is 48.2 Å². The lowest BCUT2D eigenvalue weighted by atomic mass is 10.1. The van der Waals surface area contributed by atoms with E-state index in [9.17, 15) is 13.2 Å². The third-order valence-electron chi connectivity index (χ3n) is 3.43. The first kappa shape index (κ1) is 15.8. The van der Waals surface area contributed by atoms with Gasteiger partial charge in [0.1, 0.15) is 0 Å². The second-order valence-electron chi connectivity index (χ2n) is 5.00. The van der Waals surface area contributed by atoms with Crippen LogP contribution in [0.2, 0.25) is 0 Å². The number of carbonyl (C=O) groups is 1. The molecule has 1 N–H and O–H groups in total. The van der Waals surface area contributed by atoms with E-state index in [1.807, 2.05) is 24.5 Å². The van der Waals surface area contributed by atoms with E-state index in [-0.39, 0.29) is 23.1 Å². The second kappa shape index (κ2) is 6.21. The Balaban J connectivity index is 1.87. The summed E-state index contributed by atoms with van der Waals surface area (Å²) in [6.45, 7) is 0.296. The van der Waals surface area contributed by atoms with Crippen LogP contribution in [-0.2, 0) is 14.8 Å². The van der Waals surface area contributed by atoms with Gasteiger partial charge in [0.05, 0.1) is 11.3 Å². The van der Waals surface area contributed by atoms with Crippen LogP contribution in [0.4, 0.5) is 5.69 Å². The van der Waals surface area contributed by atoms with Crippen LogP contribution in [-0.4, -0.2) is 43.6 Å². The van der Waals surface area contributed by atoms with Gasteiger partial charge in [-0.15, -0.1) is 16.2 Å². The van der Waals surface area contributed by atoms with E-state index >= 15 is 0 Å². The molecule has 0 saturated heterocycles. The molecule has 1 aromatic carbocycles. The zero-order chi connectivity index (χ0) is 16.4. The molecule has 6 nitrogen and oxygen atoms in total. The lowest BCUT2D eigenvalue weighted by Gasteiger charge is -2.28. The van der Waals surface area contributed by atoms with Gasteiger partial charge in [-0.05, 0) is 36.6 Å². The molecule has 2 heterocycles. The van der Waals surface area contributed by atoms with Crippen molar-refractivity contribution in [2.45, 2.75) is 4.90 Å². The average molecular weight is 349 g/mol. The topological polar surface area (TPSA) is 78.8 Å². The predicted octanol–water partition coefficient (Wildman–Crippen LogP) is 1.84. The van der Waals surface area contributed by atoms with Crippen molar-refractivity contribution in [3.8, 4) is 0 Å². The van der Waals surface area contributed by atoms with Gasteiger partial charge < -0.3 is 10.2 Å². The Hall–Kier alpha value is -2.06. The zero-order valence-corrected chi connectivity index (χ0v) is 14.0. The van der Waals surface area contributed by atoms with Crippen LogP contribution >= 0.6 is 11.8 Å². The fourth-order valence-electron chi connectivity index (χ4n) is 2.29. The molecule has 3 rings (SSSR count). The molecule has 0 fully saturated rings. The number of hydrogen-bond acceptors (Lipinski definition) is 5. The zero-order valence-electron chi connectivity index (χ0n) is 12.4. The molecule has 8 heteroatoms. The summed E-state index contributed by atoms with van der Waals surface area (Å²) in [6.07, 6.45) is 6.96. The van der Waals surface area contributed by atoms with E-state index in [0.717, 1.165) is 4.90 Å². The molecule has 2 aliphatic heterocycles. The molecule has 120 valence electrons. The van der Waals surface area contributed by atoms with Crippen LogP contribution in [0.1, 0.15) is 0 Å². The number of amides is 1. The van der Waals surface area contributed by atoms with Crippen molar-refractivity contribution in [2.75, 3.05) is 23.9 Å². The fraction of sp³-hybridized carbons (Fsp3) is 0.200. The van der Waals surface area contributed by atoms with E-state index < -0.39 is 10.0 Å². The number of anilines is 1. The summed E-state index contributed by atoms with van der Waals surface area (Å²) in [6, 6.07) is 7.45. The summed E-state index contributed by atoms with van der Waals surface area (Å²) in [5, 5.41) is 2.79. The van der Waals surface area contributed by atoms with Crippen molar-refractivity contribution in [3.63, 3.8) is 0 Å². The van der Waals surface area contributed by atoms with Crippen LogP contribution in [0.5, 0.6) is 0 Å². The number of rotatable bonds is 3. The minimum atomic E-state index is -3.51. The Kier molecular flexibility index (Phi) is 4.27. The monoisotopic (exact) mass is 349 g/mol. The molecule has 0 unspecified atom stereocenters. The largest absolute Gasteiger partial charge is 0.331 e. The number of nitrogens with zero attached hydrogens (tertiary/aromatic N) is 2. The van der Waals surface area contributed by atoms with E-state index in [1.165, 1.54) is 0 Å². The number of allylic oxidation sites excluding steroid dienone is 2. The molecule has 0 aliphatic carbocycles. The summed E-state index contributed by atoms with van der Waals surface area (Å²) >= 11 is 1.58. The minimum Gasteiger partial charge on any atom is -0.331 e. The standard InChI is InChI=1S/C15H15N3O3S2/c1-22-12-5-2-4-11(10-12)16-15(19)13-6-3-7-18-8-9-23(20,21)17-14(13)18/h2-7,10H,8-9H2,1H3,(H,16,19). The highest BCUT2D eigenvalue weighted by atomic mass is 32.2. The number of amidine groups is 1. The average Bonchev–Trinajstić information content (AvgIpc) is 2.53. The summed E-state index contributed by atoms with van der Waals surface area (Å²) < 4.78 is 27.2. The van der Waals surface area contributed by atoms with Crippen molar-refractivity contribution < 1.29 is 13.2 Å². The van der Waals surface area contributed by atoms with E-state index in [2.05, 4.69) is 9.71 Å². The summed E-state index contributed by atoms with van der Waals surface area (Å²) in [4.78, 5) is 15.2. The van der Waals surface area contributed by atoms with Gasteiger partial charge in [-0.1, -0.05) is 6.07 Å². The minimum absolute atomic E-state index is 0.0501. The molecule has 0 bridgehead atoms. The smallest absolute Gasteiger partial charge is 0.259 e. The number of carbonyl (C=O) groups excluding carboxylic acids is 1. The second-order valence-corrected chi connectivity index (χ2v) is 7.64. The molecule has 1 amide bonds. The van der Waals surface area contributed by atoms with Crippen LogP contribution in [0.25, 0.3) is 0 Å². The van der Waals surface area contributed by atoms with Gasteiger partial charge in [0, 0.05) is 23.3 Å². The van der Waals surface area contributed by atoms with E-state index in [1.54, 1.807) is 41.1 Å².